The van der Waals surface area contributed by atoms with Crippen LogP contribution in [0.5, 0.6) is 0 Å². The number of hydrogen-bond acceptors (Lipinski definition) is 9. The zero-order chi connectivity index (χ0) is 40.1. The summed E-state index contributed by atoms with van der Waals surface area (Å²) in [5.74, 6) is -4.92. The van der Waals surface area contributed by atoms with Crippen molar-refractivity contribution in [2.24, 2.45) is 17.8 Å². The zero-order valence-corrected chi connectivity index (χ0v) is 33.6. The monoisotopic (exact) mass is 754 g/mol. The van der Waals surface area contributed by atoms with Gasteiger partial charge in [-0.25, -0.2) is 4.79 Å². The topological polar surface area (TPSA) is 212 Å². The smallest absolute Gasteiger partial charge is 0.329 e. The van der Waals surface area contributed by atoms with Crippen LogP contribution in [-0.2, 0) is 33.5 Å². The number of rotatable bonds is 18. The van der Waals surface area contributed by atoms with Crippen molar-refractivity contribution in [3.05, 3.63) is 0 Å². The molecule has 1 rings (SSSR count). The first-order valence-corrected chi connectivity index (χ1v) is 20.0. The Labute approximate surface area is 317 Å². The number of nitrogens with one attached hydrogen (secondary N) is 5. The Morgan fingerprint density at radius 3 is 1.60 bits per heavy atom. The van der Waals surface area contributed by atoms with Gasteiger partial charge in [0.1, 0.15) is 36.3 Å². The molecule has 1 unspecified atom stereocenters. The Hall–Kier alpha value is -3.26. The first-order valence-electron chi connectivity index (χ1n) is 20.0. The van der Waals surface area contributed by atoms with Gasteiger partial charge in [0.25, 0.3) is 0 Å². The quantitative estimate of drug-likeness (QED) is 0.0808. The minimum absolute atomic E-state index is 0.0494. The van der Waals surface area contributed by atoms with Gasteiger partial charge in [0.2, 0.25) is 29.5 Å². The molecule has 0 aromatic carbocycles. The van der Waals surface area contributed by atoms with Gasteiger partial charge in [-0.05, 0) is 50.4 Å². The molecule has 1 heterocycles. The SMILES string of the molecule is CCCCCCCCCCCC1CC(=O)N[C@H](CC(C)C)C(=O)N[C@@H](CO)C(=O)N[C@@H]([C@@H](C)O)C(=O)N[C@H](CC(C)C)C(=O)N[C@@H]([C@@H](C)CC)C(=O)O1. The summed E-state index contributed by atoms with van der Waals surface area (Å²) < 4.78 is 6.00. The number of ether oxygens (including phenoxy) is 1. The van der Waals surface area contributed by atoms with Crippen LogP contribution in [0.25, 0.3) is 0 Å². The minimum Gasteiger partial charge on any atom is -0.460 e. The molecule has 14 heteroatoms. The van der Waals surface area contributed by atoms with Crippen molar-refractivity contribution in [1.29, 1.82) is 0 Å². The van der Waals surface area contributed by atoms with Crippen LogP contribution in [0.1, 0.15) is 145 Å². The average Bonchev–Trinajstić information content (AvgIpc) is 3.08. The standard InChI is InChI=1S/C39H71N5O9/c1-9-11-12-13-14-15-16-17-18-19-28-22-32(47)40-29(20-24(3)4)35(48)42-31(23-45)37(50)44-34(27(8)46)38(51)41-30(21-25(5)6)36(49)43-33(26(7)10-2)39(52)53-28/h24-31,33-34,45-46H,9-23H2,1-8H3,(H,40,47)(H,41,51)(H,42,48)(H,43,49)(H,44,50)/t26-,27+,28?,29+,30+,31-,33-,34-/m0/s1. The molecule has 53 heavy (non-hydrogen) atoms. The maximum Gasteiger partial charge on any atom is 0.329 e. The molecule has 5 amide bonds. The minimum atomic E-state index is -1.55. The maximum absolute atomic E-state index is 13.9. The van der Waals surface area contributed by atoms with E-state index in [4.69, 9.17) is 4.74 Å². The Bertz CT molecular complexity index is 1150. The fourth-order valence-corrected chi connectivity index (χ4v) is 6.30. The van der Waals surface area contributed by atoms with E-state index in [-0.39, 0.29) is 37.0 Å². The summed E-state index contributed by atoms with van der Waals surface area (Å²) in [5, 5.41) is 33.5. The molecule has 0 radical (unpaired) electrons. The van der Waals surface area contributed by atoms with Gasteiger partial charge in [0, 0.05) is 0 Å². The van der Waals surface area contributed by atoms with Crippen LogP contribution in [0.15, 0.2) is 0 Å². The molecule has 7 N–H and O–H groups in total. The predicted molar refractivity (Wildman–Crippen MR) is 203 cm³/mol. The lowest BCUT2D eigenvalue weighted by molar-refractivity contribution is -0.156. The molecule has 0 spiro atoms. The fourth-order valence-electron chi connectivity index (χ4n) is 6.30. The van der Waals surface area contributed by atoms with Gasteiger partial charge in [-0.1, -0.05) is 106 Å². The van der Waals surface area contributed by atoms with Crippen LogP contribution in [0.3, 0.4) is 0 Å². The van der Waals surface area contributed by atoms with E-state index >= 15 is 0 Å². The second-order valence-corrected chi connectivity index (χ2v) is 15.7. The molecule has 14 nitrogen and oxygen atoms in total. The highest BCUT2D eigenvalue weighted by Gasteiger charge is 2.37. The number of carbonyl (C=O) groups excluding carboxylic acids is 6. The van der Waals surface area contributed by atoms with E-state index in [9.17, 15) is 39.0 Å². The number of amides is 5. The van der Waals surface area contributed by atoms with Crippen LogP contribution in [-0.4, -0.2) is 94.7 Å². The second kappa shape index (κ2) is 25.7. The molecule has 1 saturated heterocycles. The lowest BCUT2D eigenvalue weighted by atomic mass is 9.97. The zero-order valence-electron chi connectivity index (χ0n) is 33.6. The highest BCUT2D eigenvalue weighted by atomic mass is 16.5. The summed E-state index contributed by atoms with van der Waals surface area (Å²) in [4.78, 5) is 81.4. The van der Waals surface area contributed by atoms with Crippen molar-refractivity contribution in [3.8, 4) is 0 Å². The van der Waals surface area contributed by atoms with Crippen molar-refractivity contribution in [2.75, 3.05) is 6.61 Å². The molecule has 0 aliphatic carbocycles. The Morgan fingerprint density at radius 2 is 1.09 bits per heavy atom. The van der Waals surface area contributed by atoms with E-state index in [1.165, 1.54) is 32.6 Å². The third-order valence-corrected chi connectivity index (χ3v) is 9.67. The summed E-state index contributed by atoms with van der Waals surface area (Å²) in [5.41, 5.74) is 0. The second-order valence-electron chi connectivity index (χ2n) is 15.7. The number of esters is 1. The molecule has 306 valence electrons. The number of unbranched alkanes of at least 4 members (excludes halogenated alkanes) is 8. The number of aliphatic hydroxyl groups is 2. The molecule has 0 aromatic rings. The summed E-state index contributed by atoms with van der Waals surface area (Å²) in [6.45, 7) is 13.7. The van der Waals surface area contributed by atoms with Crippen LogP contribution < -0.4 is 26.6 Å². The van der Waals surface area contributed by atoms with Crippen molar-refractivity contribution in [1.82, 2.24) is 26.6 Å². The van der Waals surface area contributed by atoms with Gasteiger partial charge in [0.15, 0.2) is 0 Å². The van der Waals surface area contributed by atoms with E-state index in [2.05, 4.69) is 33.5 Å². The van der Waals surface area contributed by atoms with E-state index in [1.54, 1.807) is 6.92 Å². The van der Waals surface area contributed by atoms with Crippen molar-refractivity contribution >= 4 is 35.5 Å². The third-order valence-electron chi connectivity index (χ3n) is 9.67. The molecular weight excluding hydrogens is 682 g/mol. The average molecular weight is 754 g/mol. The first-order chi connectivity index (χ1) is 25.0. The third kappa shape index (κ3) is 18.6. The van der Waals surface area contributed by atoms with Crippen molar-refractivity contribution in [3.63, 3.8) is 0 Å². The van der Waals surface area contributed by atoms with Crippen LogP contribution >= 0.6 is 0 Å². The predicted octanol–water partition coefficient (Wildman–Crippen LogP) is 3.16. The molecule has 1 aliphatic rings. The van der Waals surface area contributed by atoms with Crippen LogP contribution in [0, 0.1) is 17.8 Å². The van der Waals surface area contributed by atoms with Crippen molar-refractivity contribution < 1.29 is 43.7 Å². The molecule has 0 saturated carbocycles. The molecule has 0 aromatic heterocycles. The molecule has 0 bridgehead atoms. The van der Waals surface area contributed by atoms with E-state index in [0.29, 0.717) is 19.3 Å². The molecule has 8 atom stereocenters. The number of cyclic esters (lactones) is 1. The summed E-state index contributed by atoms with van der Waals surface area (Å²) in [6.07, 6.45) is 8.53. The van der Waals surface area contributed by atoms with Crippen LogP contribution in [0.2, 0.25) is 0 Å². The normalized spacial score (nSPS) is 25.6. The van der Waals surface area contributed by atoms with Gasteiger partial charge in [0.05, 0.1) is 19.1 Å². The van der Waals surface area contributed by atoms with Gasteiger partial charge in [-0.3, -0.25) is 24.0 Å². The Morgan fingerprint density at radius 1 is 0.623 bits per heavy atom. The number of carbonyl (C=O) groups is 6. The van der Waals surface area contributed by atoms with Gasteiger partial charge >= 0.3 is 5.97 Å². The number of aliphatic hydroxyl groups excluding tert-OH is 2. The van der Waals surface area contributed by atoms with Crippen LogP contribution in [0.4, 0.5) is 0 Å². The van der Waals surface area contributed by atoms with Crippen molar-refractivity contribution in [2.45, 2.75) is 188 Å². The van der Waals surface area contributed by atoms with Gasteiger partial charge < -0.3 is 41.5 Å². The highest BCUT2D eigenvalue weighted by Crippen LogP contribution is 2.19. The number of hydrogen-bond donors (Lipinski definition) is 7. The van der Waals surface area contributed by atoms with E-state index < -0.39 is 84.5 Å². The lowest BCUT2D eigenvalue weighted by Gasteiger charge is -2.29. The molecular formula is C39H71N5O9. The summed E-state index contributed by atoms with van der Waals surface area (Å²) >= 11 is 0. The fraction of sp³-hybridized carbons (Fsp3) is 0.846. The molecule has 1 fully saturated rings. The Kier molecular flexibility index (Phi) is 23.2. The Balaban J connectivity index is 3.52. The van der Waals surface area contributed by atoms with Gasteiger partial charge in [-0.2, -0.15) is 0 Å². The lowest BCUT2D eigenvalue weighted by Crippen LogP contribution is -2.62. The highest BCUT2D eigenvalue weighted by molar-refractivity contribution is 5.96. The van der Waals surface area contributed by atoms with E-state index in [1.807, 2.05) is 34.6 Å². The summed E-state index contributed by atoms with van der Waals surface area (Å²) in [7, 11) is 0. The molecule has 1 aliphatic heterocycles. The maximum atomic E-state index is 13.9. The van der Waals surface area contributed by atoms with Gasteiger partial charge in [-0.15, -0.1) is 0 Å². The summed E-state index contributed by atoms with van der Waals surface area (Å²) in [6, 6.07) is -6.39. The van der Waals surface area contributed by atoms with E-state index in [0.717, 1.165) is 25.7 Å². The largest absolute Gasteiger partial charge is 0.460 e. The first kappa shape index (κ1) is 47.8.